The van der Waals surface area contributed by atoms with Crippen molar-refractivity contribution in [1.82, 2.24) is 9.97 Å². The number of rotatable bonds is 2. The van der Waals surface area contributed by atoms with Crippen LogP contribution in [0.1, 0.15) is 9.67 Å². The second kappa shape index (κ2) is 5.43. The quantitative estimate of drug-likeness (QED) is 0.834. The number of aromatic nitrogens is 2. The molecule has 0 aliphatic carbocycles. The van der Waals surface area contributed by atoms with Gasteiger partial charge < -0.3 is 5.32 Å². The Morgan fingerprint density at radius 2 is 2.24 bits per heavy atom. The molecule has 2 aromatic heterocycles. The number of nitrogens with zero attached hydrogens (tertiary/aromatic N) is 2. The van der Waals surface area contributed by atoms with Gasteiger partial charge in [-0.3, -0.25) is 4.79 Å². The SMILES string of the molecule is O=C(Nc1ncc(Br)nc1Br)c1sccc1Cl. The molecule has 88 valence electrons. The van der Waals surface area contributed by atoms with Gasteiger partial charge in [-0.15, -0.1) is 11.3 Å². The first-order valence-electron chi connectivity index (χ1n) is 4.30. The lowest BCUT2D eigenvalue weighted by atomic mass is 10.4. The van der Waals surface area contributed by atoms with E-state index in [1.165, 1.54) is 17.5 Å². The van der Waals surface area contributed by atoms with Crippen molar-refractivity contribution in [2.24, 2.45) is 0 Å². The van der Waals surface area contributed by atoms with Crippen molar-refractivity contribution in [2.75, 3.05) is 5.32 Å². The van der Waals surface area contributed by atoms with Crippen LogP contribution in [0, 0.1) is 0 Å². The van der Waals surface area contributed by atoms with Crippen LogP contribution in [0.4, 0.5) is 5.82 Å². The molecular formula is C9H4Br2ClN3OS. The van der Waals surface area contributed by atoms with Crippen LogP contribution in [-0.4, -0.2) is 15.9 Å². The first-order chi connectivity index (χ1) is 8.08. The highest BCUT2D eigenvalue weighted by atomic mass is 79.9. The summed E-state index contributed by atoms with van der Waals surface area (Å²) in [5.41, 5.74) is 0. The molecule has 0 aromatic carbocycles. The molecule has 1 N–H and O–H groups in total. The van der Waals surface area contributed by atoms with Gasteiger partial charge in [0.05, 0.1) is 11.2 Å². The molecule has 0 aliphatic heterocycles. The molecule has 0 radical (unpaired) electrons. The van der Waals surface area contributed by atoms with Crippen LogP contribution in [0.25, 0.3) is 0 Å². The Balaban J connectivity index is 2.22. The van der Waals surface area contributed by atoms with E-state index in [0.29, 0.717) is 24.9 Å². The smallest absolute Gasteiger partial charge is 0.268 e. The largest absolute Gasteiger partial charge is 0.304 e. The van der Waals surface area contributed by atoms with Crippen LogP contribution in [0.2, 0.25) is 5.02 Å². The standard InChI is InChI=1S/C9H4Br2ClN3OS/c10-5-3-13-8(7(11)14-5)15-9(16)6-4(12)1-2-17-6/h1-3H,(H,13,15,16). The lowest BCUT2D eigenvalue weighted by molar-refractivity contribution is 0.103. The Hall–Kier alpha value is -0.500. The topological polar surface area (TPSA) is 54.9 Å². The van der Waals surface area contributed by atoms with Gasteiger partial charge in [-0.1, -0.05) is 11.6 Å². The lowest BCUT2D eigenvalue weighted by Gasteiger charge is -2.04. The van der Waals surface area contributed by atoms with Crippen LogP contribution in [0.3, 0.4) is 0 Å². The maximum Gasteiger partial charge on any atom is 0.268 e. The molecule has 0 saturated carbocycles. The molecule has 2 aromatic rings. The average Bonchev–Trinajstić information content (AvgIpc) is 2.68. The van der Waals surface area contributed by atoms with Gasteiger partial charge >= 0.3 is 0 Å². The molecule has 0 spiro atoms. The van der Waals surface area contributed by atoms with Gasteiger partial charge in [0, 0.05) is 0 Å². The minimum Gasteiger partial charge on any atom is -0.304 e. The number of anilines is 1. The monoisotopic (exact) mass is 395 g/mol. The van der Waals surface area contributed by atoms with Crippen molar-refractivity contribution < 1.29 is 4.79 Å². The van der Waals surface area contributed by atoms with Crippen LogP contribution in [0.15, 0.2) is 26.8 Å². The number of carbonyl (C=O) groups is 1. The molecule has 0 saturated heterocycles. The molecule has 0 bridgehead atoms. The van der Waals surface area contributed by atoms with E-state index in [2.05, 4.69) is 47.1 Å². The van der Waals surface area contributed by atoms with Crippen molar-refractivity contribution in [3.63, 3.8) is 0 Å². The summed E-state index contributed by atoms with van der Waals surface area (Å²) in [5, 5.41) is 4.80. The molecule has 2 heterocycles. The fourth-order valence-corrected chi connectivity index (χ4v) is 3.00. The minimum absolute atomic E-state index is 0.303. The summed E-state index contributed by atoms with van der Waals surface area (Å²) in [4.78, 5) is 20.4. The number of hydrogen-bond acceptors (Lipinski definition) is 4. The Bertz CT molecular complexity index is 575. The Morgan fingerprint density at radius 1 is 1.47 bits per heavy atom. The average molecular weight is 397 g/mol. The summed E-state index contributed by atoms with van der Waals surface area (Å²) in [5.74, 6) is 0.0463. The molecule has 0 atom stereocenters. The molecule has 4 nitrogen and oxygen atoms in total. The van der Waals surface area contributed by atoms with Crippen LogP contribution < -0.4 is 5.32 Å². The van der Waals surface area contributed by atoms with Crippen molar-refractivity contribution in [2.45, 2.75) is 0 Å². The first-order valence-corrected chi connectivity index (χ1v) is 7.14. The van der Waals surface area contributed by atoms with Crippen LogP contribution >= 0.6 is 54.8 Å². The van der Waals surface area contributed by atoms with E-state index >= 15 is 0 Å². The summed E-state index contributed by atoms with van der Waals surface area (Å²) in [6, 6.07) is 1.67. The maximum atomic E-state index is 11.8. The van der Waals surface area contributed by atoms with Crippen molar-refractivity contribution in [1.29, 1.82) is 0 Å². The lowest BCUT2D eigenvalue weighted by Crippen LogP contribution is -2.12. The summed E-state index contributed by atoms with van der Waals surface area (Å²) in [7, 11) is 0. The summed E-state index contributed by atoms with van der Waals surface area (Å²) in [6.45, 7) is 0. The fraction of sp³-hybridized carbons (Fsp3) is 0. The third kappa shape index (κ3) is 3.04. The molecule has 8 heteroatoms. The number of halogens is 3. The van der Waals surface area contributed by atoms with E-state index < -0.39 is 0 Å². The van der Waals surface area contributed by atoms with E-state index in [-0.39, 0.29) is 5.91 Å². The van der Waals surface area contributed by atoms with E-state index in [1.807, 2.05) is 0 Å². The predicted molar refractivity (Wildman–Crippen MR) is 74.7 cm³/mol. The molecule has 0 unspecified atom stereocenters. The maximum absolute atomic E-state index is 11.8. The van der Waals surface area contributed by atoms with Gasteiger partial charge in [-0.05, 0) is 43.3 Å². The number of hydrogen-bond donors (Lipinski definition) is 1. The molecule has 1 amide bonds. The highest BCUT2D eigenvalue weighted by Crippen LogP contribution is 2.25. The summed E-state index contributed by atoms with van der Waals surface area (Å²) >= 11 is 13.5. The summed E-state index contributed by atoms with van der Waals surface area (Å²) < 4.78 is 1.03. The van der Waals surface area contributed by atoms with Crippen LogP contribution in [-0.2, 0) is 0 Å². The van der Waals surface area contributed by atoms with Gasteiger partial charge in [-0.2, -0.15) is 0 Å². The highest BCUT2D eigenvalue weighted by Gasteiger charge is 2.14. The van der Waals surface area contributed by atoms with Crippen LogP contribution in [0.5, 0.6) is 0 Å². The van der Waals surface area contributed by atoms with Gasteiger partial charge in [0.25, 0.3) is 5.91 Å². The molecule has 0 fully saturated rings. The highest BCUT2D eigenvalue weighted by molar-refractivity contribution is 9.11. The third-order valence-corrected chi connectivity index (χ3v) is 4.03. The minimum atomic E-state index is -0.303. The first kappa shape index (κ1) is 12.9. The zero-order valence-corrected chi connectivity index (χ0v) is 12.8. The van der Waals surface area contributed by atoms with Gasteiger partial charge in [0.15, 0.2) is 5.82 Å². The number of nitrogens with one attached hydrogen (secondary N) is 1. The zero-order valence-electron chi connectivity index (χ0n) is 8.08. The zero-order chi connectivity index (χ0) is 12.4. The molecule has 2 rings (SSSR count). The van der Waals surface area contributed by atoms with E-state index in [4.69, 9.17) is 11.6 Å². The molecule has 0 aliphatic rings. The van der Waals surface area contributed by atoms with E-state index in [1.54, 1.807) is 11.4 Å². The van der Waals surface area contributed by atoms with E-state index in [9.17, 15) is 4.79 Å². The normalized spacial score (nSPS) is 10.3. The number of amides is 1. The Labute approximate surface area is 123 Å². The number of carbonyl (C=O) groups excluding carboxylic acids is 1. The van der Waals surface area contributed by atoms with Crippen molar-refractivity contribution in [3.05, 3.63) is 36.7 Å². The fourth-order valence-electron chi connectivity index (χ4n) is 1.05. The third-order valence-electron chi connectivity index (χ3n) is 1.76. The van der Waals surface area contributed by atoms with Crippen molar-refractivity contribution >= 4 is 66.5 Å². The molecular weight excluding hydrogens is 393 g/mol. The van der Waals surface area contributed by atoms with Gasteiger partial charge in [0.1, 0.15) is 14.1 Å². The van der Waals surface area contributed by atoms with E-state index in [0.717, 1.165) is 0 Å². The second-order valence-electron chi connectivity index (χ2n) is 2.88. The van der Waals surface area contributed by atoms with Crippen molar-refractivity contribution in [3.8, 4) is 0 Å². The Kier molecular flexibility index (Phi) is 4.13. The van der Waals surface area contributed by atoms with Gasteiger partial charge in [-0.25, -0.2) is 9.97 Å². The Morgan fingerprint density at radius 3 is 2.82 bits per heavy atom. The molecule has 17 heavy (non-hydrogen) atoms. The second-order valence-corrected chi connectivity index (χ2v) is 5.77. The summed E-state index contributed by atoms with van der Waals surface area (Å²) in [6.07, 6.45) is 1.50. The predicted octanol–water partition coefficient (Wildman–Crippen LogP) is 3.97. The van der Waals surface area contributed by atoms with Gasteiger partial charge in [0.2, 0.25) is 0 Å². The number of thiophene rings is 1.